The van der Waals surface area contributed by atoms with E-state index in [0.29, 0.717) is 24.6 Å². The van der Waals surface area contributed by atoms with Gasteiger partial charge < -0.3 is 10.0 Å². The van der Waals surface area contributed by atoms with Crippen LogP contribution in [0.1, 0.15) is 33.7 Å². The van der Waals surface area contributed by atoms with Gasteiger partial charge in [0.05, 0.1) is 0 Å². The lowest BCUT2D eigenvalue weighted by Gasteiger charge is -2.30. The maximum absolute atomic E-state index is 12.2. The summed E-state index contributed by atoms with van der Waals surface area (Å²) in [5.74, 6) is -0.788. The van der Waals surface area contributed by atoms with E-state index in [9.17, 15) is 9.59 Å². The van der Waals surface area contributed by atoms with Crippen LogP contribution in [-0.2, 0) is 0 Å². The molecule has 0 saturated carbocycles. The van der Waals surface area contributed by atoms with Gasteiger partial charge in [-0.2, -0.15) is 0 Å². The zero-order chi connectivity index (χ0) is 13.8. The first-order valence-electron chi connectivity index (χ1n) is 6.23. The average molecular weight is 260 g/mol. The summed E-state index contributed by atoms with van der Waals surface area (Å²) in [6.07, 6.45) is 5.10. The highest BCUT2D eigenvalue weighted by Gasteiger charge is 2.22. The first-order chi connectivity index (χ1) is 9.11. The Morgan fingerprint density at radius 3 is 2.68 bits per heavy atom. The molecular weight excluding hydrogens is 244 g/mol. The van der Waals surface area contributed by atoms with Crippen molar-refractivity contribution in [2.45, 2.75) is 12.8 Å². The number of aromatic carboxylic acids is 1. The van der Waals surface area contributed by atoms with Crippen LogP contribution in [0.3, 0.4) is 0 Å². The number of hydrogen-bond acceptors (Lipinski definition) is 3. The molecule has 1 aliphatic heterocycles. The lowest BCUT2D eigenvalue weighted by molar-refractivity contribution is 0.0690. The van der Waals surface area contributed by atoms with Crippen molar-refractivity contribution in [3.8, 4) is 0 Å². The molecule has 0 atom stereocenters. The van der Waals surface area contributed by atoms with Crippen molar-refractivity contribution in [1.29, 1.82) is 0 Å². The van der Waals surface area contributed by atoms with Gasteiger partial charge in [0, 0.05) is 24.8 Å². The number of rotatable bonds is 3. The standard InChI is InChI=1S/C14H16N2O3/c1-2-10-4-7-16(8-5-10)13(17)11-3-6-15-12(9-11)14(18)19/h2-3,6,9-10H,1,4-5,7-8H2,(H,18,19). The summed E-state index contributed by atoms with van der Waals surface area (Å²) in [6, 6.07) is 2.87. The van der Waals surface area contributed by atoms with E-state index in [2.05, 4.69) is 11.6 Å². The minimum atomic E-state index is -1.12. The van der Waals surface area contributed by atoms with E-state index >= 15 is 0 Å². The van der Waals surface area contributed by atoms with E-state index in [1.807, 2.05) is 6.08 Å². The van der Waals surface area contributed by atoms with E-state index in [0.717, 1.165) is 12.8 Å². The Morgan fingerprint density at radius 2 is 2.11 bits per heavy atom. The number of hydrogen-bond donors (Lipinski definition) is 1. The van der Waals surface area contributed by atoms with Crippen molar-refractivity contribution < 1.29 is 14.7 Å². The number of carbonyl (C=O) groups is 2. The molecule has 0 aliphatic carbocycles. The molecule has 1 saturated heterocycles. The second-order valence-electron chi connectivity index (χ2n) is 4.60. The number of carboxylic acid groups (broad SMARTS) is 1. The number of likely N-dealkylation sites (tertiary alicyclic amines) is 1. The highest BCUT2D eigenvalue weighted by Crippen LogP contribution is 2.19. The molecule has 0 aromatic carbocycles. The molecule has 5 nitrogen and oxygen atoms in total. The maximum atomic E-state index is 12.2. The number of allylic oxidation sites excluding steroid dienone is 1. The fourth-order valence-corrected chi connectivity index (χ4v) is 2.20. The Balaban J connectivity index is 2.10. The van der Waals surface area contributed by atoms with Gasteiger partial charge in [0.15, 0.2) is 0 Å². The zero-order valence-corrected chi connectivity index (χ0v) is 10.6. The maximum Gasteiger partial charge on any atom is 0.354 e. The monoisotopic (exact) mass is 260 g/mol. The molecule has 2 rings (SSSR count). The van der Waals surface area contributed by atoms with Gasteiger partial charge >= 0.3 is 5.97 Å². The Bertz CT molecular complexity index is 505. The number of aromatic nitrogens is 1. The van der Waals surface area contributed by atoms with Crippen molar-refractivity contribution in [3.05, 3.63) is 42.2 Å². The minimum absolute atomic E-state index is 0.105. The Hall–Kier alpha value is -2.17. The third kappa shape index (κ3) is 2.99. The Morgan fingerprint density at radius 1 is 1.42 bits per heavy atom. The summed E-state index contributed by atoms with van der Waals surface area (Å²) < 4.78 is 0. The second-order valence-corrected chi connectivity index (χ2v) is 4.60. The summed E-state index contributed by atoms with van der Waals surface area (Å²) in [5.41, 5.74) is 0.274. The van der Waals surface area contributed by atoms with Crippen LogP contribution in [0.15, 0.2) is 31.0 Å². The first-order valence-corrected chi connectivity index (χ1v) is 6.23. The minimum Gasteiger partial charge on any atom is -0.477 e. The number of carbonyl (C=O) groups excluding carboxylic acids is 1. The van der Waals surface area contributed by atoms with Crippen molar-refractivity contribution in [2.75, 3.05) is 13.1 Å². The number of amides is 1. The van der Waals surface area contributed by atoms with Gasteiger partial charge in [0.25, 0.3) is 5.91 Å². The summed E-state index contributed by atoms with van der Waals surface area (Å²) >= 11 is 0. The average Bonchev–Trinajstić information content (AvgIpc) is 2.46. The third-order valence-corrected chi connectivity index (χ3v) is 3.39. The van der Waals surface area contributed by atoms with Gasteiger partial charge in [-0.3, -0.25) is 4.79 Å². The largest absolute Gasteiger partial charge is 0.477 e. The van der Waals surface area contributed by atoms with Gasteiger partial charge in [-0.05, 0) is 30.9 Å². The molecular formula is C14H16N2O3. The quantitative estimate of drug-likeness (QED) is 0.841. The summed E-state index contributed by atoms with van der Waals surface area (Å²) in [6.45, 7) is 5.13. The molecule has 1 fully saturated rings. The van der Waals surface area contributed by atoms with Gasteiger partial charge in [-0.15, -0.1) is 6.58 Å². The van der Waals surface area contributed by atoms with Gasteiger partial charge in [-0.25, -0.2) is 9.78 Å². The highest BCUT2D eigenvalue weighted by molar-refractivity contribution is 5.96. The van der Waals surface area contributed by atoms with Crippen LogP contribution in [0.5, 0.6) is 0 Å². The number of carboxylic acids is 1. The van der Waals surface area contributed by atoms with Crippen LogP contribution < -0.4 is 0 Å². The summed E-state index contributed by atoms with van der Waals surface area (Å²) in [7, 11) is 0. The van der Waals surface area contributed by atoms with Crippen LogP contribution in [0.4, 0.5) is 0 Å². The van der Waals surface area contributed by atoms with Gasteiger partial charge in [0.2, 0.25) is 0 Å². The fraction of sp³-hybridized carbons (Fsp3) is 0.357. The summed E-state index contributed by atoms with van der Waals surface area (Å²) in [5, 5.41) is 8.87. The summed E-state index contributed by atoms with van der Waals surface area (Å²) in [4.78, 5) is 28.5. The van der Waals surface area contributed by atoms with Gasteiger partial charge in [0.1, 0.15) is 5.69 Å². The van der Waals surface area contributed by atoms with E-state index in [1.165, 1.54) is 12.3 Å². The predicted molar refractivity (Wildman–Crippen MR) is 70.0 cm³/mol. The molecule has 19 heavy (non-hydrogen) atoms. The van der Waals surface area contributed by atoms with E-state index in [4.69, 9.17) is 5.11 Å². The Labute approximate surface area is 111 Å². The molecule has 5 heteroatoms. The van der Waals surface area contributed by atoms with Crippen molar-refractivity contribution in [3.63, 3.8) is 0 Å². The van der Waals surface area contributed by atoms with Crippen LogP contribution in [-0.4, -0.2) is 40.0 Å². The molecule has 0 bridgehead atoms. The van der Waals surface area contributed by atoms with Crippen LogP contribution in [0.2, 0.25) is 0 Å². The fourth-order valence-electron chi connectivity index (χ4n) is 2.20. The van der Waals surface area contributed by atoms with E-state index < -0.39 is 5.97 Å². The SMILES string of the molecule is C=CC1CCN(C(=O)c2ccnc(C(=O)O)c2)CC1. The first kappa shape index (κ1) is 13.3. The van der Waals surface area contributed by atoms with Crippen LogP contribution >= 0.6 is 0 Å². The van der Waals surface area contributed by atoms with Gasteiger partial charge in [-0.1, -0.05) is 6.08 Å². The predicted octanol–water partition coefficient (Wildman–Crippen LogP) is 1.82. The molecule has 0 unspecified atom stereocenters. The molecule has 2 heterocycles. The van der Waals surface area contributed by atoms with E-state index in [-0.39, 0.29) is 11.6 Å². The lowest BCUT2D eigenvalue weighted by atomic mass is 9.96. The lowest BCUT2D eigenvalue weighted by Crippen LogP contribution is -2.38. The topological polar surface area (TPSA) is 70.5 Å². The number of nitrogens with zero attached hydrogens (tertiary/aromatic N) is 2. The normalized spacial score (nSPS) is 16.1. The molecule has 0 radical (unpaired) electrons. The van der Waals surface area contributed by atoms with Crippen molar-refractivity contribution in [1.82, 2.24) is 9.88 Å². The Kier molecular flexibility index (Phi) is 3.94. The third-order valence-electron chi connectivity index (χ3n) is 3.39. The molecule has 1 amide bonds. The zero-order valence-electron chi connectivity index (χ0n) is 10.6. The molecule has 0 spiro atoms. The highest BCUT2D eigenvalue weighted by atomic mass is 16.4. The second kappa shape index (κ2) is 5.65. The molecule has 100 valence electrons. The van der Waals surface area contributed by atoms with E-state index in [1.54, 1.807) is 11.0 Å². The van der Waals surface area contributed by atoms with Crippen LogP contribution in [0.25, 0.3) is 0 Å². The molecule has 1 aliphatic rings. The van der Waals surface area contributed by atoms with Crippen LogP contribution in [0, 0.1) is 5.92 Å². The van der Waals surface area contributed by atoms with Crippen molar-refractivity contribution in [2.24, 2.45) is 5.92 Å². The van der Waals surface area contributed by atoms with Crippen molar-refractivity contribution >= 4 is 11.9 Å². The molecule has 1 aromatic rings. The molecule has 1 aromatic heterocycles. The number of pyridine rings is 1. The number of piperidine rings is 1. The molecule has 1 N–H and O–H groups in total. The smallest absolute Gasteiger partial charge is 0.354 e.